The molecule has 0 bridgehead atoms. The molecule has 1 saturated heterocycles. The molecular formula is C40H44BNO2. The molecule has 1 fully saturated rings. The van der Waals surface area contributed by atoms with E-state index in [4.69, 9.17) is 9.31 Å². The van der Waals surface area contributed by atoms with Crippen LogP contribution in [0.25, 0.3) is 11.1 Å². The predicted molar refractivity (Wildman–Crippen MR) is 187 cm³/mol. The largest absolute Gasteiger partial charge is 0.494 e. The van der Waals surface area contributed by atoms with Crippen molar-refractivity contribution in [3.05, 3.63) is 138 Å². The van der Waals surface area contributed by atoms with Gasteiger partial charge >= 0.3 is 7.12 Å². The SMILES string of the molecule is C\C=C/C=C\C(=C1\C=CC=CC1C)N(c1ccc(B2OC(C)(C)C(C)(C)O2)cc1)c1ccc2c(c1)C(C)(C)c1ccccc1-2. The van der Waals surface area contributed by atoms with E-state index in [1.165, 1.54) is 27.8 Å². The molecule has 1 heterocycles. The maximum atomic E-state index is 6.38. The summed E-state index contributed by atoms with van der Waals surface area (Å²) in [6.07, 6.45) is 17.3. The number of rotatable bonds is 6. The molecule has 0 amide bonds. The van der Waals surface area contributed by atoms with Crippen LogP contribution in [0.2, 0.25) is 0 Å². The van der Waals surface area contributed by atoms with Gasteiger partial charge in [-0.2, -0.15) is 0 Å². The number of hydrogen-bond acceptors (Lipinski definition) is 3. The molecule has 0 spiro atoms. The molecule has 0 N–H and O–H groups in total. The lowest BCUT2D eigenvalue weighted by Crippen LogP contribution is -2.41. The van der Waals surface area contributed by atoms with Crippen molar-refractivity contribution in [2.75, 3.05) is 4.90 Å². The van der Waals surface area contributed by atoms with E-state index in [0.29, 0.717) is 0 Å². The van der Waals surface area contributed by atoms with E-state index in [1.54, 1.807) is 0 Å². The second-order valence-electron chi connectivity index (χ2n) is 13.7. The van der Waals surface area contributed by atoms with Gasteiger partial charge in [-0.25, -0.2) is 0 Å². The molecule has 1 atom stereocenters. The first-order chi connectivity index (χ1) is 20.9. The molecule has 3 aromatic carbocycles. The number of allylic oxidation sites excluding steroid dienone is 9. The van der Waals surface area contributed by atoms with E-state index >= 15 is 0 Å². The molecule has 2 aliphatic carbocycles. The predicted octanol–water partition coefficient (Wildman–Crippen LogP) is 9.58. The van der Waals surface area contributed by atoms with Gasteiger partial charge in [-0.3, -0.25) is 0 Å². The first-order valence-corrected chi connectivity index (χ1v) is 15.8. The lowest BCUT2D eigenvalue weighted by atomic mass is 9.79. The zero-order chi connectivity index (χ0) is 31.3. The van der Waals surface area contributed by atoms with Gasteiger partial charge < -0.3 is 14.2 Å². The van der Waals surface area contributed by atoms with Crippen molar-refractivity contribution in [1.29, 1.82) is 0 Å². The van der Waals surface area contributed by atoms with Crippen LogP contribution in [-0.2, 0) is 14.7 Å². The summed E-state index contributed by atoms with van der Waals surface area (Å²) in [6, 6.07) is 24.5. The maximum Gasteiger partial charge on any atom is 0.494 e. The Morgan fingerprint density at radius 2 is 1.43 bits per heavy atom. The Morgan fingerprint density at radius 1 is 0.773 bits per heavy atom. The van der Waals surface area contributed by atoms with Crippen molar-refractivity contribution in [3.63, 3.8) is 0 Å². The average molecular weight is 582 g/mol. The minimum Gasteiger partial charge on any atom is -0.399 e. The quantitative estimate of drug-likeness (QED) is 0.214. The van der Waals surface area contributed by atoms with Crippen LogP contribution >= 0.6 is 0 Å². The zero-order valence-corrected chi connectivity index (χ0v) is 27.4. The van der Waals surface area contributed by atoms with Gasteiger partial charge in [0, 0.05) is 28.4 Å². The highest BCUT2D eigenvalue weighted by atomic mass is 16.7. The third-order valence-electron chi connectivity index (χ3n) is 9.87. The fourth-order valence-electron chi connectivity index (χ4n) is 6.54. The number of anilines is 2. The van der Waals surface area contributed by atoms with Gasteiger partial charge in [-0.1, -0.05) is 106 Å². The molecule has 1 unspecified atom stereocenters. The van der Waals surface area contributed by atoms with Gasteiger partial charge in [-0.05, 0) is 98.2 Å². The Hall–Kier alpha value is -3.86. The van der Waals surface area contributed by atoms with E-state index in [1.807, 2.05) is 0 Å². The summed E-state index contributed by atoms with van der Waals surface area (Å²) in [5, 5.41) is 0. The van der Waals surface area contributed by atoms with Crippen molar-refractivity contribution >= 4 is 24.0 Å². The third kappa shape index (κ3) is 5.14. The van der Waals surface area contributed by atoms with Crippen molar-refractivity contribution in [2.24, 2.45) is 5.92 Å². The van der Waals surface area contributed by atoms with Crippen LogP contribution in [0.4, 0.5) is 11.4 Å². The van der Waals surface area contributed by atoms with Crippen molar-refractivity contribution in [1.82, 2.24) is 0 Å². The van der Waals surface area contributed by atoms with E-state index in [2.05, 4.69) is 176 Å². The summed E-state index contributed by atoms with van der Waals surface area (Å²) >= 11 is 0. The lowest BCUT2D eigenvalue weighted by molar-refractivity contribution is 0.00578. The Bertz CT molecular complexity index is 1700. The van der Waals surface area contributed by atoms with Gasteiger partial charge in [0.25, 0.3) is 0 Å². The highest BCUT2D eigenvalue weighted by Gasteiger charge is 2.51. The van der Waals surface area contributed by atoms with E-state index < -0.39 is 7.12 Å². The average Bonchev–Trinajstić information content (AvgIpc) is 3.37. The summed E-state index contributed by atoms with van der Waals surface area (Å²) in [5.74, 6) is 0.270. The molecule has 1 aliphatic heterocycles. The molecular weight excluding hydrogens is 537 g/mol. The van der Waals surface area contributed by atoms with E-state index in [9.17, 15) is 0 Å². The highest BCUT2D eigenvalue weighted by Crippen LogP contribution is 2.50. The van der Waals surface area contributed by atoms with Crippen LogP contribution in [-0.4, -0.2) is 18.3 Å². The molecule has 4 heteroatoms. The minimum atomic E-state index is -0.402. The summed E-state index contributed by atoms with van der Waals surface area (Å²) in [5.41, 5.74) is 10.2. The topological polar surface area (TPSA) is 21.7 Å². The van der Waals surface area contributed by atoms with Gasteiger partial charge in [0.1, 0.15) is 0 Å². The second-order valence-corrected chi connectivity index (χ2v) is 13.7. The van der Waals surface area contributed by atoms with Gasteiger partial charge in [0.15, 0.2) is 0 Å². The second kappa shape index (κ2) is 11.3. The van der Waals surface area contributed by atoms with Crippen LogP contribution < -0.4 is 10.4 Å². The first kappa shape index (κ1) is 30.2. The smallest absolute Gasteiger partial charge is 0.399 e. The van der Waals surface area contributed by atoms with Gasteiger partial charge in [-0.15, -0.1) is 0 Å². The molecule has 0 radical (unpaired) electrons. The summed E-state index contributed by atoms with van der Waals surface area (Å²) in [4.78, 5) is 2.41. The molecule has 0 saturated carbocycles. The fraction of sp³-hybridized carbons (Fsp3) is 0.300. The summed E-state index contributed by atoms with van der Waals surface area (Å²) in [6.45, 7) is 17.4. The summed E-state index contributed by atoms with van der Waals surface area (Å²) in [7, 11) is -0.402. The summed E-state index contributed by atoms with van der Waals surface area (Å²) < 4.78 is 12.8. The van der Waals surface area contributed by atoms with Crippen LogP contribution in [0, 0.1) is 5.92 Å². The Balaban J connectivity index is 1.50. The Morgan fingerprint density at radius 3 is 2.11 bits per heavy atom. The lowest BCUT2D eigenvalue weighted by Gasteiger charge is -2.32. The monoisotopic (exact) mass is 581 g/mol. The molecule has 3 aliphatic rings. The standard InChI is InChI=1S/C40H44BNO2/c1-9-10-11-20-37(32-17-13-12-16-28(32)2)42(30-23-21-29(22-24-30)41-43-39(5,6)40(7,8)44-41)31-25-26-34-33-18-14-15-19-35(33)38(3,4)36(34)27-31/h9-28H,1-8H3/b10-9-,20-11-,37-32+. The molecule has 6 rings (SSSR count). The fourth-order valence-corrected chi connectivity index (χ4v) is 6.54. The Kier molecular flexibility index (Phi) is 7.72. The Labute approximate surface area is 264 Å². The molecule has 44 heavy (non-hydrogen) atoms. The van der Waals surface area contributed by atoms with Crippen LogP contribution in [0.1, 0.15) is 66.5 Å². The van der Waals surface area contributed by atoms with Crippen molar-refractivity contribution < 1.29 is 9.31 Å². The zero-order valence-electron chi connectivity index (χ0n) is 27.4. The third-order valence-corrected chi connectivity index (χ3v) is 9.87. The highest BCUT2D eigenvalue weighted by molar-refractivity contribution is 6.62. The normalized spacial score (nSPS) is 22.1. The molecule has 3 nitrogen and oxygen atoms in total. The minimum absolute atomic E-state index is 0.0942. The van der Waals surface area contributed by atoms with Gasteiger partial charge in [0.05, 0.1) is 11.2 Å². The van der Waals surface area contributed by atoms with Crippen LogP contribution in [0.3, 0.4) is 0 Å². The molecule has 224 valence electrons. The number of hydrogen-bond donors (Lipinski definition) is 0. The first-order valence-electron chi connectivity index (χ1n) is 15.8. The van der Waals surface area contributed by atoms with E-state index in [0.717, 1.165) is 22.5 Å². The van der Waals surface area contributed by atoms with Crippen LogP contribution in [0.15, 0.2) is 127 Å². The maximum absolute atomic E-state index is 6.38. The van der Waals surface area contributed by atoms with Crippen molar-refractivity contribution in [2.45, 2.75) is 72.0 Å². The van der Waals surface area contributed by atoms with E-state index in [-0.39, 0.29) is 22.5 Å². The number of benzene rings is 3. The molecule has 0 aromatic heterocycles. The van der Waals surface area contributed by atoms with Gasteiger partial charge in [0.2, 0.25) is 0 Å². The number of nitrogens with zero attached hydrogens (tertiary/aromatic N) is 1. The van der Waals surface area contributed by atoms with Crippen LogP contribution in [0.5, 0.6) is 0 Å². The molecule has 3 aromatic rings. The van der Waals surface area contributed by atoms with Crippen molar-refractivity contribution in [3.8, 4) is 11.1 Å². The number of fused-ring (bicyclic) bond motifs is 3.